The average molecular weight is 304 g/mol. The van der Waals surface area contributed by atoms with E-state index in [1.807, 2.05) is 24.1 Å². The zero-order chi connectivity index (χ0) is 14.8. The molecular weight excluding hydrogens is 286 g/mol. The molecule has 5 heteroatoms. The van der Waals surface area contributed by atoms with Crippen LogP contribution < -0.4 is 0 Å². The monoisotopic (exact) mass is 303 g/mol. The third kappa shape index (κ3) is 3.10. The van der Waals surface area contributed by atoms with Crippen molar-refractivity contribution < 1.29 is 4.79 Å². The summed E-state index contributed by atoms with van der Waals surface area (Å²) in [6, 6.07) is 7.95. The molecule has 1 aliphatic rings. The van der Waals surface area contributed by atoms with Crippen LogP contribution in [0.4, 0.5) is 0 Å². The van der Waals surface area contributed by atoms with E-state index in [1.165, 1.54) is 5.56 Å². The molecule has 0 bridgehead atoms. The smallest absolute Gasteiger partial charge is 0.257 e. The molecule has 1 amide bonds. The van der Waals surface area contributed by atoms with E-state index in [0.29, 0.717) is 11.5 Å². The number of hydrogen-bond donors (Lipinski definition) is 0. The fourth-order valence-corrected chi connectivity index (χ4v) is 3.01. The fourth-order valence-electron chi connectivity index (χ4n) is 2.88. The quantitative estimate of drug-likeness (QED) is 0.855. The molecule has 1 fully saturated rings. The van der Waals surface area contributed by atoms with E-state index in [2.05, 4.69) is 17.2 Å². The van der Waals surface area contributed by atoms with E-state index >= 15 is 0 Å². The van der Waals surface area contributed by atoms with Gasteiger partial charge in [-0.1, -0.05) is 23.7 Å². The Kier molecular flexibility index (Phi) is 3.97. The molecule has 0 saturated carbocycles. The second-order valence-electron chi connectivity index (χ2n) is 5.54. The molecular formula is C16H18ClN3O. The normalized spacial score (nSPS) is 18.8. The Bertz CT molecular complexity index is 635. The number of aryl methyl sites for hydroxylation is 1. The summed E-state index contributed by atoms with van der Waals surface area (Å²) in [7, 11) is 1.82. The van der Waals surface area contributed by atoms with Crippen molar-refractivity contribution in [2.75, 3.05) is 13.1 Å². The number of nitrogens with zero attached hydrogens (tertiary/aromatic N) is 3. The molecule has 2 heterocycles. The highest BCUT2D eigenvalue weighted by molar-refractivity contribution is 6.30. The number of carbonyl (C=O) groups is 1. The highest BCUT2D eigenvalue weighted by Crippen LogP contribution is 2.28. The molecule has 1 aromatic carbocycles. The van der Waals surface area contributed by atoms with Gasteiger partial charge in [-0.3, -0.25) is 9.48 Å². The van der Waals surface area contributed by atoms with Gasteiger partial charge in [-0.2, -0.15) is 5.10 Å². The minimum absolute atomic E-state index is 0.0711. The van der Waals surface area contributed by atoms with Crippen LogP contribution in [-0.2, 0) is 7.05 Å². The van der Waals surface area contributed by atoms with Crippen LogP contribution in [0.25, 0.3) is 0 Å². The molecule has 1 aliphatic heterocycles. The Morgan fingerprint density at radius 2 is 2.10 bits per heavy atom. The lowest BCUT2D eigenvalue weighted by atomic mass is 9.90. The van der Waals surface area contributed by atoms with E-state index in [-0.39, 0.29) is 5.91 Å². The third-order valence-electron chi connectivity index (χ3n) is 4.00. The van der Waals surface area contributed by atoms with Crippen molar-refractivity contribution in [3.8, 4) is 0 Å². The van der Waals surface area contributed by atoms with Crippen LogP contribution in [0.1, 0.15) is 34.7 Å². The molecule has 4 nitrogen and oxygen atoms in total. The first-order valence-corrected chi connectivity index (χ1v) is 7.54. The molecule has 0 unspecified atom stereocenters. The number of aromatic nitrogens is 2. The van der Waals surface area contributed by atoms with E-state index in [4.69, 9.17) is 11.6 Å². The summed E-state index contributed by atoms with van der Waals surface area (Å²) in [6.45, 7) is 1.58. The van der Waals surface area contributed by atoms with Crippen LogP contribution in [-0.4, -0.2) is 33.7 Å². The summed E-state index contributed by atoms with van der Waals surface area (Å²) in [5, 5.41) is 4.82. The van der Waals surface area contributed by atoms with Gasteiger partial charge in [-0.15, -0.1) is 0 Å². The fraction of sp³-hybridized carbons (Fsp3) is 0.375. The SMILES string of the molecule is Cn1cc(C(=O)N2CCC[C@H](c3ccc(Cl)cc3)C2)cn1. The molecule has 0 aliphatic carbocycles. The zero-order valence-electron chi connectivity index (χ0n) is 12.0. The van der Waals surface area contributed by atoms with Gasteiger partial charge in [-0.25, -0.2) is 0 Å². The summed E-state index contributed by atoms with van der Waals surface area (Å²) >= 11 is 5.94. The van der Waals surface area contributed by atoms with Crippen molar-refractivity contribution in [3.63, 3.8) is 0 Å². The van der Waals surface area contributed by atoms with Crippen molar-refractivity contribution in [1.29, 1.82) is 0 Å². The molecule has 1 atom stereocenters. The highest BCUT2D eigenvalue weighted by Gasteiger charge is 2.26. The summed E-state index contributed by atoms with van der Waals surface area (Å²) in [5.74, 6) is 0.457. The van der Waals surface area contributed by atoms with Crippen LogP contribution in [0.5, 0.6) is 0 Å². The van der Waals surface area contributed by atoms with Gasteiger partial charge in [0.05, 0.1) is 11.8 Å². The molecule has 0 spiro atoms. The summed E-state index contributed by atoms with van der Waals surface area (Å²) in [5.41, 5.74) is 1.91. The van der Waals surface area contributed by atoms with Crippen molar-refractivity contribution in [2.24, 2.45) is 7.05 Å². The largest absolute Gasteiger partial charge is 0.338 e. The van der Waals surface area contributed by atoms with Crippen molar-refractivity contribution in [3.05, 3.63) is 52.8 Å². The number of carbonyl (C=O) groups excluding carboxylic acids is 1. The lowest BCUT2D eigenvalue weighted by molar-refractivity contribution is 0.0707. The molecule has 110 valence electrons. The second-order valence-corrected chi connectivity index (χ2v) is 5.98. The van der Waals surface area contributed by atoms with Gasteiger partial charge >= 0.3 is 0 Å². The van der Waals surface area contributed by atoms with E-state index in [9.17, 15) is 4.79 Å². The second kappa shape index (κ2) is 5.90. The first kappa shape index (κ1) is 14.1. The minimum Gasteiger partial charge on any atom is -0.338 e. The van der Waals surface area contributed by atoms with E-state index in [0.717, 1.165) is 31.0 Å². The number of piperidine rings is 1. The lowest BCUT2D eigenvalue weighted by Crippen LogP contribution is -2.39. The number of amides is 1. The maximum Gasteiger partial charge on any atom is 0.257 e. The molecule has 0 N–H and O–H groups in total. The first-order valence-electron chi connectivity index (χ1n) is 7.17. The van der Waals surface area contributed by atoms with Gasteiger partial charge in [-0.05, 0) is 30.5 Å². The van der Waals surface area contributed by atoms with Gasteiger partial charge in [0.1, 0.15) is 0 Å². The van der Waals surface area contributed by atoms with Gasteiger partial charge in [0.25, 0.3) is 5.91 Å². The molecule has 1 aromatic heterocycles. The summed E-state index contributed by atoms with van der Waals surface area (Å²) in [4.78, 5) is 14.4. The van der Waals surface area contributed by atoms with E-state index < -0.39 is 0 Å². The van der Waals surface area contributed by atoms with Crippen molar-refractivity contribution >= 4 is 17.5 Å². The number of benzene rings is 1. The van der Waals surface area contributed by atoms with Crippen LogP contribution in [0, 0.1) is 0 Å². The van der Waals surface area contributed by atoms with Crippen molar-refractivity contribution in [1.82, 2.24) is 14.7 Å². The van der Waals surface area contributed by atoms with Gasteiger partial charge in [0, 0.05) is 37.3 Å². The Morgan fingerprint density at radius 3 is 2.76 bits per heavy atom. The Morgan fingerprint density at radius 1 is 1.33 bits per heavy atom. The Labute approximate surface area is 129 Å². The lowest BCUT2D eigenvalue weighted by Gasteiger charge is -2.32. The van der Waals surface area contributed by atoms with Gasteiger partial charge in [0.15, 0.2) is 0 Å². The maximum absolute atomic E-state index is 12.5. The summed E-state index contributed by atoms with van der Waals surface area (Å²) in [6.07, 6.45) is 5.54. The minimum atomic E-state index is 0.0711. The topological polar surface area (TPSA) is 38.1 Å². The third-order valence-corrected chi connectivity index (χ3v) is 4.25. The van der Waals surface area contributed by atoms with Crippen LogP contribution >= 0.6 is 11.6 Å². The number of likely N-dealkylation sites (tertiary alicyclic amines) is 1. The van der Waals surface area contributed by atoms with Crippen LogP contribution in [0.3, 0.4) is 0 Å². The molecule has 21 heavy (non-hydrogen) atoms. The molecule has 0 radical (unpaired) electrons. The van der Waals surface area contributed by atoms with Gasteiger partial charge < -0.3 is 4.90 Å². The zero-order valence-corrected chi connectivity index (χ0v) is 12.8. The Balaban J connectivity index is 1.73. The number of hydrogen-bond acceptors (Lipinski definition) is 2. The molecule has 2 aromatic rings. The number of halogens is 1. The summed E-state index contributed by atoms with van der Waals surface area (Å²) < 4.78 is 1.66. The van der Waals surface area contributed by atoms with E-state index in [1.54, 1.807) is 17.1 Å². The number of rotatable bonds is 2. The van der Waals surface area contributed by atoms with Crippen LogP contribution in [0.15, 0.2) is 36.7 Å². The predicted molar refractivity (Wildman–Crippen MR) is 82.5 cm³/mol. The molecule has 1 saturated heterocycles. The average Bonchev–Trinajstić information content (AvgIpc) is 2.94. The van der Waals surface area contributed by atoms with Gasteiger partial charge in [0.2, 0.25) is 0 Å². The molecule has 3 rings (SSSR count). The first-order chi connectivity index (χ1) is 10.1. The standard InChI is InChI=1S/C16H18ClN3O/c1-19-10-14(9-18-19)16(21)20-8-2-3-13(11-20)12-4-6-15(17)7-5-12/h4-7,9-10,13H,2-3,8,11H2,1H3/t13-/m0/s1. The predicted octanol–water partition coefficient (Wildman–Crippen LogP) is 3.09. The van der Waals surface area contributed by atoms with Crippen molar-refractivity contribution in [2.45, 2.75) is 18.8 Å². The van der Waals surface area contributed by atoms with Crippen LogP contribution in [0.2, 0.25) is 5.02 Å². The highest BCUT2D eigenvalue weighted by atomic mass is 35.5. The maximum atomic E-state index is 12.5. The Hall–Kier alpha value is -1.81.